The number of hydrogen-bond donors (Lipinski definition) is 7. The van der Waals surface area contributed by atoms with E-state index in [1.54, 1.807) is 48.5 Å². The first-order valence-electron chi connectivity index (χ1n) is 27.6. The number of rotatable bonds is 17. The van der Waals surface area contributed by atoms with Crippen LogP contribution in [0.1, 0.15) is 116 Å². The average Bonchev–Trinajstić information content (AvgIpc) is 3.57. The van der Waals surface area contributed by atoms with Crippen LogP contribution in [0.4, 0.5) is 0 Å². The smallest absolute Gasteiger partial charge is 0.333 e. The molecule has 8 rings (SSSR count). The molecule has 0 radical (unpaired) electrons. The summed E-state index contributed by atoms with van der Waals surface area (Å²) in [5.74, 6) is -5.96. The van der Waals surface area contributed by atoms with Crippen LogP contribution in [-0.2, 0) is 82.4 Å². The lowest BCUT2D eigenvalue weighted by molar-refractivity contribution is -0.334. The molecule has 23 atom stereocenters. The Bertz CT molecular complexity index is 2560. The minimum Gasteiger partial charge on any atom is -0.507 e. The SMILES string of the molecule is CO[C@H]1[C@H](O)C[C@@H](O[C@@H]2C[C@H](Oc3cc4cc5c(c(O)c4c(O)c3C)C(=O)[C@@H](O[C@H]3C[C@H](O[C@H]4C[C@H](O[C@H]6C[C@@](C)(O)[C@@H](OC(=O)C(C)C)[C@H](C)O6)[C@H](O)[C@@H](C)O4)[C@H](O)[C@@H](C)O3)[C@H]([C@H](OC)C(=O)O)C5)O[C@H](C)[C@H]2OC(C)=O)O[C@@H]1C. The molecule has 0 unspecified atom stereocenters. The topological polar surface area (TPSA) is 339 Å². The molecule has 1 aliphatic carbocycles. The lowest BCUT2D eigenvalue weighted by Crippen LogP contribution is -2.59. The van der Waals surface area contributed by atoms with Gasteiger partial charge in [0.05, 0.1) is 65.7 Å². The van der Waals surface area contributed by atoms with Crippen LogP contribution < -0.4 is 4.74 Å². The number of ether oxygens (including phenoxy) is 14. The number of carbonyl (C=O) groups is 4. The van der Waals surface area contributed by atoms with Crippen LogP contribution in [0.15, 0.2) is 12.1 Å². The zero-order valence-corrected chi connectivity index (χ0v) is 47.7. The molecule has 454 valence electrons. The van der Waals surface area contributed by atoms with Crippen molar-refractivity contribution < 1.29 is 121 Å². The first-order valence-corrected chi connectivity index (χ1v) is 27.6. The molecule has 25 heteroatoms. The van der Waals surface area contributed by atoms with Gasteiger partial charge in [-0.15, -0.1) is 0 Å². The fraction of sp³-hybridized carbons (Fsp3) is 0.750. The molecule has 0 spiro atoms. The monoisotopic (exact) mass is 1150 g/mol. The third-order valence-electron chi connectivity index (χ3n) is 16.3. The highest BCUT2D eigenvalue weighted by atomic mass is 16.7. The van der Waals surface area contributed by atoms with Gasteiger partial charge in [-0.3, -0.25) is 14.4 Å². The van der Waals surface area contributed by atoms with E-state index in [0.29, 0.717) is 0 Å². The number of fused-ring (bicyclic) bond motifs is 2. The number of carboxylic acid groups (broad SMARTS) is 1. The zero-order chi connectivity index (χ0) is 59.3. The number of carbonyl (C=O) groups excluding carboxylic acids is 3. The van der Waals surface area contributed by atoms with Gasteiger partial charge < -0.3 is 102 Å². The number of benzene rings is 2. The van der Waals surface area contributed by atoms with Gasteiger partial charge in [0.15, 0.2) is 49.3 Å². The molecule has 0 saturated carbocycles. The second-order valence-electron chi connectivity index (χ2n) is 22.8. The van der Waals surface area contributed by atoms with Gasteiger partial charge in [-0.1, -0.05) is 13.8 Å². The Labute approximate surface area is 469 Å². The van der Waals surface area contributed by atoms with E-state index >= 15 is 0 Å². The number of aliphatic hydroxyl groups is 4. The molecule has 5 saturated heterocycles. The summed E-state index contributed by atoms with van der Waals surface area (Å²) in [6.07, 6.45) is -21.9. The largest absolute Gasteiger partial charge is 0.507 e. The molecule has 0 bridgehead atoms. The van der Waals surface area contributed by atoms with E-state index in [1.165, 1.54) is 47.1 Å². The number of esters is 2. The highest BCUT2D eigenvalue weighted by molar-refractivity contribution is 6.11. The van der Waals surface area contributed by atoms with E-state index in [2.05, 4.69) is 0 Å². The Morgan fingerprint density at radius 1 is 0.704 bits per heavy atom. The molecule has 5 aliphatic heterocycles. The van der Waals surface area contributed by atoms with Crippen molar-refractivity contribution in [1.29, 1.82) is 0 Å². The molecular weight excluding hydrogens is 1070 g/mol. The van der Waals surface area contributed by atoms with Crippen molar-refractivity contribution in [2.45, 2.75) is 242 Å². The van der Waals surface area contributed by atoms with Crippen molar-refractivity contribution in [1.82, 2.24) is 0 Å². The van der Waals surface area contributed by atoms with Gasteiger partial charge >= 0.3 is 17.9 Å². The summed E-state index contributed by atoms with van der Waals surface area (Å²) in [5, 5.41) is 79.2. The maximum absolute atomic E-state index is 14.9. The van der Waals surface area contributed by atoms with Gasteiger partial charge in [0.1, 0.15) is 53.4 Å². The Kier molecular flexibility index (Phi) is 19.7. The molecule has 81 heavy (non-hydrogen) atoms. The lowest BCUT2D eigenvalue weighted by atomic mass is 9.76. The van der Waals surface area contributed by atoms with Gasteiger partial charge in [0.2, 0.25) is 6.29 Å². The van der Waals surface area contributed by atoms with Crippen LogP contribution in [0.5, 0.6) is 17.2 Å². The summed E-state index contributed by atoms with van der Waals surface area (Å²) in [5.41, 5.74) is -1.44. The second kappa shape index (κ2) is 25.4. The van der Waals surface area contributed by atoms with Crippen molar-refractivity contribution in [3.8, 4) is 17.2 Å². The number of aliphatic carboxylic acids is 1. The Morgan fingerprint density at radius 3 is 1.81 bits per heavy atom. The number of methoxy groups -OCH3 is 2. The third-order valence-corrected chi connectivity index (χ3v) is 16.3. The van der Waals surface area contributed by atoms with Crippen LogP contribution in [0.2, 0.25) is 0 Å². The Balaban J connectivity index is 0.994. The number of aromatic hydroxyl groups is 2. The molecule has 7 N–H and O–H groups in total. The zero-order valence-electron chi connectivity index (χ0n) is 47.7. The normalized spacial score (nSPS) is 39.7. The molecule has 2 aromatic rings. The van der Waals surface area contributed by atoms with E-state index < -0.39 is 182 Å². The number of aliphatic hydroxyl groups excluding tert-OH is 3. The number of carboxylic acids is 1. The van der Waals surface area contributed by atoms with E-state index in [-0.39, 0.29) is 71.7 Å². The summed E-state index contributed by atoms with van der Waals surface area (Å²) >= 11 is 0. The fourth-order valence-electron chi connectivity index (χ4n) is 12.1. The number of phenolic OH excluding ortho intramolecular Hbond substituents is 2. The van der Waals surface area contributed by atoms with Crippen molar-refractivity contribution >= 4 is 34.5 Å². The number of phenols is 2. The minimum absolute atomic E-state index is 0.00877. The van der Waals surface area contributed by atoms with Gasteiger partial charge in [-0.2, -0.15) is 0 Å². The molecule has 5 fully saturated rings. The van der Waals surface area contributed by atoms with Crippen molar-refractivity contribution in [2.75, 3.05) is 14.2 Å². The summed E-state index contributed by atoms with van der Waals surface area (Å²) in [4.78, 5) is 52.4. The molecule has 0 amide bonds. The molecule has 5 heterocycles. The summed E-state index contributed by atoms with van der Waals surface area (Å²) in [6, 6.07) is 3.06. The molecule has 2 aromatic carbocycles. The van der Waals surface area contributed by atoms with Gasteiger partial charge in [0, 0.05) is 64.7 Å². The van der Waals surface area contributed by atoms with E-state index in [9.17, 15) is 54.9 Å². The van der Waals surface area contributed by atoms with Crippen LogP contribution in [0.3, 0.4) is 0 Å². The quantitative estimate of drug-likeness (QED) is 0.112. The minimum atomic E-state index is -1.63. The molecule has 0 aromatic heterocycles. The van der Waals surface area contributed by atoms with Crippen LogP contribution >= 0.6 is 0 Å². The van der Waals surface area contributed by atoms with E-state index in [1.807, 2.05) is 0 Å². The number of ketones is 1. The Hall–Kier alpha value is -4.42. The summed E-state index contributed by atoms with van der Waals surface area (Å²) in [6.45, 7) is 15.8. The van der Waals surface area contributed by atoms with Crippen molar-refractivity contribution in [2.24, 2.45) is 11.8 Å². The predicted molar refractivity (Wildman–Crippen MR) is 277 cm³/mol. The first kappa shape index (κ1) is 62.6. The van der Waals surface area contributed by atoms with Gasteiger partial charge in [0.25, 0.3) is 0 Å². The van der Waals surface area contributed by atoms with Crippen LogP contribution in [0.25, 0.3) is 10.8 Å². The standard InChI is InChI=1S/C56H80O25/c1-21(2)55(66)81-53-27(8)74-41(20-56(53,10)67)78-35-17-38(70-23(4)46(35)61)77-34-18-40(71-24(5)45(34)60)80-51-31(52(69-12)54(64)65)14-29-13-30-15-33(22(3)44(59)42(30)47(62)43(29)48(51)63)76-39-19-36(50(26(7)73-39)75-28(9)57)79-37-16-32(58)49(68-11)25(6)72-37/h13,15,21,23-27,31-32,34-41,45-46,49-53,58-62,67H,14,16-20H2,1-12H3,(H,64,65)/t23-,24-,25-,26-,27+,31-,32-,34+,35+,36-,37-,38+,39+,40+,41+,45-,46-,49-,50-,51+,52+,53+,56-/m1/s1. The second-order valence-corrected chi connectivity index (χ2v) is 22.8. The van der Waals surface area contributed by atoms with Gasteiger partial charge in [-0.05, 0) is 78.0 Å². The molecule has 6 aliphatic rings. The highest BCUT2D eigenvalue weighted by Gasteiger charge is 2.52. The van der Waals surface area contributed by atoms with Crippen molar-refractivity contribution in [3.63, 3.8) is 0 Å². The van der Waals surface area contributed by atoms with E-state index in [4.69, 9.17) is 66.3 Å². The maximum atomic E-state index is 14.9. The maximum Gasteiger partial charge on any atom is 0.333 e. The average molecular weight is 1150 g/mol. The fourth-order valence-corrected chi connectivity index (χ4v) is 12.1. The molecule has 25 nitrogen and oxygen atoms in total. The summed E-state index contributed by atoms with van der Waals surface area (Å²) in [7, 11) is 2.64. The van der Waals surface area contributed by atoms with E-state index in [0.717, 1.165) is 0 Å². The number of Topliss-reactive ketones (excluding diaryl/α,β-unsaturated/α-hetero) is 1. The van der Waals surface area contributed by atoms with Crippen molar-refractivity contribution in [3.05, 3.63) is 28.8 Å². The van der Waals surface area contributed by atoms with Crippen LogP contribution in [-0.4, -0.2) is 208 Å². The molecular formula is C56H80O25. The lowest BCUT2D eigenvalue weighted by Gasteiger charge is -2.46. The third kappa shape index (κ3) is 13.4. The predicted octanol–water partition coefficient (Wildman–Crippen LogP) is 2.96. The number of hydrogen-bond acceptors (Lipinski definition) is 24. The Morgan fingerprint density at radius 2 is 1.25 bits per heavy atom. The van der Waals surface area contributed by atoms with Gasteiger partial charge in [-0.25, -0.2) is 4.79 Å². The summed E-state index contributed by atoms with van der Waals surface area (Å²) < 4.78 is 84.1. The highest BCUT2D eigenvalue weighted by Crippen LogP contribution is 2.48. The van der Waals surface area contributed by atoms with Crippen LogP contribution in [0, 0.1) is 18.8 Å². The first-order chi connectivity index (χ1) is 38.1.